The highest BCUT2D eigenvalue weighted by Crippen LogP contribution is 2.29. The van der Waals surface area contributed by atoms with Gasteiger partial charge in [-0.15, -0.1) is 0 Å². The molecule has 0 heterocycles. The first-order valence-corrected chi connectivity index (χ1v) is 6.36. The lowest BCUT2D eigenvalue weighted by atomic mass is 9.92. The van der Waals surface area contributed by atoms with Gasteiger partial charge in [-0.3, -0.25) is 0 Å². The molecule has 1 aliphatic carbocycles. The Morgan fingerprint density at radius 2 is 2.06 bits per heavy atom. The minimum Gasteiger partial charge on any atom is -0.391 e. The second-order valence-corrected chi connectivity index (χ2v) is 5.05. The smallest absolute Gasteiger partial charge is 0.147 e. The predicted molar refractivity (Wildman–Crippen MR) is 66.0 cm³/mol. The molecule has 0 saturated heterocycles. The lowest BCUT2D eigenvalue weighted by molar-refractivity contribution is 0.116. The highest BCUT2D eigenvalue weighted by Gasteiger charge is 2.24. The Labute approximate surface area is 103 Å². The summed E-state index contributed by atoms with van der Waals surface area (Å²) in [5.41, 5.74) is 0.452. The van der Waals surface area contributed by atoms with E-state index in [1.54, 1.807) is 12.1 Å². The number of halogens is 2. The number of aliphatic hydroxyl groups excluding tert-OH is 1. The summed E-state index contributed by atoms with van der Waals surface area (Å²) in [4.78, 5) is 0. The molecule has 1 aromatic rings. The Balaban J connectivity index is 2.13. The van der Waals surface area contributed by atoms with E-state index in [0.717, 1.165) is 25.7 Å². The Morgan fingerprint density at radius 1 is 1.31 bits per heavy atom. The number of anilines is 1. The van der Waals surface area contributed by atoms with Crippen LogP contribution in [0.25, 0.3) is 0 Å². The summed E-state index contributed by atoms with van der Waals surface area (Å²) in [5.74, 6) is -0.285. The molecule has 1 saturated carbocycles. The van der Waals surface area contributed by atoms with Gasteiger partial charge in [0, 0.05) is 4.47 Å². The topological polar surface area (TPSA) is 32.3 Å². The molecule has 0 amide bonds. The second kappa shape index (κ2) is 5.15. The van der Waals surface area contributed by atoms with Crippen molar-refractivity contribution < 1.29 is 9.50 Å². The fourth-order valence-electron chi connectivity index (χ4n) is 2.10. The summed E-state index contributed by atoms with van der Waals surface area (Å²) in [6, 6.07) is 4.83. The number of rotatable bonds is 2. The molecule has 2 atom stereocenters. The van der Waals surface area contributed by atoms with E-state index in [1.807, 2.05) is 0 Å². The van der Waals surface area contributed by atoms with Crippen LogP contribution in [-0.4, -0.2) is 17.3 Å². The van der Waals surface area contributed by atoms with E-state index in [0.29, 0.717) is 10.2 Å². The van der Waals surface area contributed by atoms with Gasteiger partial charge in [-0.2, -0.15) is 0 Å². The molecular weight excluding hydrogens is 273 g/mol. The number of hydrogen-bond acceptors (Lipinski definition) is 2. The lowest BCUT2D eigenvalue weighted by Crippen LogP contribution is -2.36. The maximum atomic E-state index is 13.6. The van der Waals surface area contributed by atoms with E-state index in [2.05, 4.69) is 21.2 Å². The van der Waals surface area contributed by atoms with Crippen molar-refractivity contribution in [2.24, 2.45) is 0 Å². The molecular formula is C12H15BrFNO. The largest absolute Gasteiger partial charge is 0.391 e. The van der Waals surface area contributed by atoms with E-state index in [9.17, 15) is 9.50 Å². The summed E-state index contributed by atoms with van der Waals surface area (Å²) in [5, 5.41) is 12.9. The SMILES string of the molecule is OC1CCCCC1Nc1c(F)cccc1Br. The molecule has 1 fully saturated rings. The van der Waals surface area contributed by atoms with Crippen LogP contribution in [0.4, 0.5) is 10.1 Å². The third-order valence-electron chi connectivity index (χ3n) is 3.02. The van der Waals surface area contributed by atoms with Crippen LogP contribution in [0, 0.1) is 5.82 Å². The van der Waals surface area contributed by atoms with Gasteiger partial charge in [-0.25, -0.2) is 4.39 Å². The zero-order valence-electron chi connectivity index (χ0n) is 8.92. The van der Waals surface area contributed by atoms with Crippen molar-refractivity contribution in [2.45, 2.75) is 37.8 Å². The number of nitrogens with one attached hydrogen (secondary N) is 1. The zero-order chi connectivity index (χ0) is 11.5. The highest BCUT2D eigenvalue weighted by atomic mass is 79.9. The van der Waals surface area contributed by atoms with Crippen LogP contribution < -0.4 is 5.32 Å². The summed E-state index contributed by atoms with van der Waals surface area (Å²) in [6.45, 7) is 0. The maximum absolute atomic E-state index is 13.6. The molecule has 2 rings (SSSR count). The third kappa shape index (κ3) is 2.55. The molecule has 1 aromatic carbocycles. The molecule has 0 aliphatic heterocycles. The Bertz CT molecular complexity index is 352. The molecule has 0 radical (unpaired) electrons. The Morgan fingerprint density at radius 3 is 2.75 bits per heavy atom. The van der Waals surface area contributed by atoms with Crippen molar-refractivity contribution in [3.63, 3.8) is 0 Å². The lowest BCUT2D eigenvalue weighted by Gasteiger charge is -2.29. The van der Waals surface area contributed by atoms with Gasteiger partial charge in [0.1, 0.15) is 5.82 Å². The van der Waals surface area contributed by atoms with Crippen molar-refractivity contribution in [3.8, 4) is 0 Å². The van der Waals surface area contributed by atoms with E-state index in [1.165, 1.54) is 6.07 Å². The van der Waals surface area contributed by atoms with Crippen molar-refractivity contribution >= 4 is 21.6 Å². The summed E-state index contributed by atoms with van der Waals surface area (Å²) < 4.78 is 14.3. The number of para-hydroxylation sites is 1. The van der Waals surface area contributed by atoms with Gasteiger partial charge in [0.2, 0.25) is 0 Å². The zero-order valence-corrected chi connectivity index (χ0v) is 10.5. The second-order valence-electron chi connectivity index (χ2n) is 4.20. The third-order valence-corrected chi connectivity index (χ3v) is 3.68. The van der Waals surface area contributed by atoms with E-state index >= 15 is 0 Å². The van der Waals surface area contributed by atoms with Gasteiger partial charge < -0.3 is 10.4 Å². The molecule has 2 unspecified atom stereocenters. The van der Waals surface area contributed by atoms with Crippen LogP contribution in [0.1, 0.15) is 25.7 Å². The fourth-order valence-corrected chi connectivity index (χ4v) is 2.56. The van der Waals surface area contributed by atoms with Crippen LogP contribution >= 0.6 is 15.9 Å². The average Bonchev–Trinajstić information content (AvgIpc) is 2.26. The maximum Gasteiger partial charge on any atom is 0.147 e. The van der Waals surface area contributed by atoms with Gasteiger partial charge in [0.15, 0.2) is 0 Å². The first-order valence-electron chi connectivity index (χ1n) is 5.57. The van der Waals surface area contributed by atoms with Crippen molar-refractivity contribution in [1.29, 1.82) is 0 Å². The number of hydrogen-bond donors (Lipinski definition) is 2. The molecule has 88 valence electrons. The first-order chi connectivity index (χ1) is 7.68. The van der Waals surface area contributed by atoms with Crippen LogP contribution in [0.3, 0.4) is 0 Å². The van der Waals surface area contributed by atoms with E-state index in [4.69, 9.17) is 0 Å². The molecule has 4 heteroatoms. The van der Waals surface area contributed by atoms with Gasteiger partial charge in [-0.05, 0) is 40.9 Å². The molecule has 0 aromatic heterocycles. The molecule has 0 bridgehead atoms. The van der Waals surface area contributed by atoms with Crippen molar-refractivity contribution in [3.05, 3.63) is 28.5 Å². The van der Waals surface area contributed by atoms with E-state index in [-0.39, 0.29) is 18.0 Å². The predicted octanol–water partition coefficient (Wildman–Crippen LogP) is 3.30. The standard InChI is InChI=1S/C12H15BrFNO/c13-8-4-3-5-9(14)12(8)15-10-6-1-2-7-11(10)16/h3-5,10-11,15-16H,1-2,6-7H2. The van der Waals surface area contributed by atoms with Crippen molar-refractivity contribution in [2.75, 3.05) is 5.32 Å². The van der Waals surface area contributed by atoms with Crippen molar-refractivity contribution in [1.82, 2.24) is 0 Å². The minimum absolute atomic E-state index is 0.0399. The van der Waals surface area contributed by atoms with Crippen LogP contribution in [0.15, 0.2) is 22.7 Å². The molecule has 0 spiro atoms. The average molecular weight is 288 g/mol. The van der Waals surface area contributed by atoms with E-state index < -0.39 is 0 Å². The molecule has 1 aliphatic rings. The molecule has 2 N–H and O–H groups in total. The van der Waals surface area contributed by atoms with Gasteiger partial charge in [0.25, 0.3) is 0 Å². The normalized spacial score (nSPS) is 25.4. The van der Waals surface area contributed by atoms with Crippen LogP contribution in [-0.2, 0) is 0 Å². The molecule has 16 heavy (non-hydrogen) atoms. The summed E-state index contributed by atoms with van der Waals surface area (Å²) >= 11 is 3.31. The monoisotopic (exact) mass is 287 g/mol. The minimum atomic E-state index is -0.375. The molecule has 2 nitrogen and oxygen atoms in total. The highest BCUT2D eigenvalue weighted by molar-refractivity contribution is 9.10. The first kappa shape index (κ1) is 11.9. The van der Waals surface area contributed by atoms with Crippen LogP contribution in [0.2, 0.25) is 0 Å². The number of aliphatic hydroxyl groups is 1. The van der Waals surface area contributed by atoms with Crippen LogP contribution in [0.5, 0.6) is 0 Å². The Hall–Kier alpha value is -0.610. The summed E-state index contributed by atoms with van der Waals surface area (Å²) in [6.07, 6.45) is 3.45. The van der Waals surface area contributed by atoms with Gasteiger partial charge in [-0.1, -0.05) is 18.9 Å². The Kier molecular flexibility index (Phi) is 3.82. The fraction of sp³-hybridized carbons (Fsp3) is 0.500. The number of benzene rings is 1. The summed E-state index contributed by atoms with van der Waals surface area (Å²) in [7, 11) is 0. The quantitative estimate of drug-likeness (QED) is 0.875. The van der Waals surface area contributed by atoms with Gasteiger partial charge in [0.05, 0.1) is 17.8 Å². The van der Waals surface area contributed by atoms with Gasteiger partial charge >= 0.3 is 0 Å².